The van der Waals surface area contributed by atoms with E-state index in [1.807, 2.05) is 30.3 Å². The predicted molar refractivity (Wildman–Crippen MR) is 119 cm³/mol. The zero-order valence-electron chi connectivity index (χ0n) is 15.8. The van der Waals surface area contributed by atoms with Crippen molar-refractivity contribution in [2.45, 2.75) is 31.3 Å². The van der Waals surface area contributed by atoms with Crippen molar-refractivity contribution in [1.82, 2.24) is 4.90 Å². The van der Waals surface area contributed by atoms with Gasteiger partial charge in [-0.05, 0) is 42.5 Å². The van der Waals surface area contributed by atoms with Gasteiger partial charge in [0.1, 0.15) is 0 Å². The van der Waals surface area contributed by atoms with Crippen LogP contribution in [0.15, 0.2) is 96.0 Å². The first kappa shape index (κ1) is 20.0. The third kappa shape index (κ3) is 4.37. The Labute approximate surface area is 173 Å². The van der Waals surface area contributed by atoms with Crippen LogP contribution < -0.4 is 5.73 Å². The number of nitrogens with zero attached hydrogens (tertiary/aromatic N) is 2. The summed E-state index contributed by atoms with van der Waals surface area (Å²) in [5.74, 6) is 0.587. The molecule has 2 atom stereocenters. The fourth-order valence-electron chi connectivity index (χ4n) is 4.02. The molecular formula is C24H26ClN3. The van der Waals surface area contributed by atoms with E-state index in [4.69, 9.17) is 10.7 Å². The van der Waals surface area contributed by atoms with Crippen molar-refractivity contribution in [3.63, 3.8) is 0 Å². The number of nitrogens with two attached hydrogens (primary N) is 1. The molecule has 144 valence electrons. The Balaban J connectivity index is 0.00000225. The second-order valence-corrected chi connectivity index (χ2v) is 7.00. The molecule has 0 amide bonds. The van der Waals surface area contributed by atoms with E-state index in [1.54, 1.807) is 0 Å². The van der Waals surface area contributed by atoms with Crippen molar-refractivity contribution in [3.8, 4) is 0 Å². The van der Waals surface area contributed by atoms with Gasteiger partial charge in [-0.3, -0.25) is 0 Å². The molecule has 3 aromatic rings. The number of benzene rings is 3. The maximum Gasteiger partial charge on any atom is 0.197 e. The Hall–Kier alpha value is -2.78. The number of rotatable bonds is 3. The molecule has 0 aliphatic carbocycles. The number of guanidine groups is 1. The third-order valence-electron chi connectivity index (χ3n) is 5.26. The molecule has 3 aromatic carbocycles. The largest absolute Gasteiger partial charge is 0.369 e. The normalized spacial score (nSPS) is 19.7. The molecule has 0 saturated carbocycles. The lowest BCUT2D eigenvalue weighted by molar-refractivity contribution is 0.166. The lowest BCUT2D eigenvalue weighted by Gasteiger charge is -2.43. The minimum atomic E-state index is 0. The van der Waals surface area contributed by atoms with Crippen LogP contribution in [0.25, 0.3) is 0 Å². The quantitative estimate of drug-likeness (QED) is 0.438. The molecule has 0 aromatic heterocycles. The summed E-state index contributed by atoms with van der Waals surface area (Å²) >= 11 is 0. The number of piperidine rings is 1. The van der Waals surface area contributed by atoms with E-state index in [0.29, 0.717) is 5.96 Å². The molecule has 28 heavy (non-hydrogen) atoms. The molecule has 4 rings (SSSR count). The highest BCUT2D eigenvalue weighted by atomic mass is 35.5. The van der Waals surface area contributed by atoms with Crippen LogP contribution in [0.1, 0.15) is 42.5 Å². The van der Waals surface area contributed by atoms with Crippen LogP contribution in [0.5, 0.6) is 0 Å². The summed E-state index contributed by atoms with van der Waals surface area (Å²) in [7, 11) is 0. The first-order chi connectivity index (χ1) is 13.3. The number of likely N-dealkylation sites (tertiary alicyclic amines) is 1. The van der Waals surface area contributed by atoms with E-state index in [-0.39, 0.29) is 24.5 Å². The Kier molecular flexibility index (Phi) is 6.72. The number of para-hydroxylation sites is 1. The SMILES string of the molecule is Cl.NC(=Nc1ccccc1)N1[C@@H](c2ccccc2)CCC[C@H]1c1ccccc1. The molecule has 0 radical (unpaired) electrons. The molecule has 2 N–H and O–H groups in total. The second kappa shape index (κ2) is 9.43. The number of hydrogen-bond acceptors (Lipinski definition) is 1. The van der Waals surface area contributed by atoms with Crippen molar-refractivity contribution in [2.24, 2.45) is 10.7 Å². The van der Waals surface area contributed by atoms with Gasteiger partial charge < -0.3 is 10.6 Å². The monoisotopic (exact) mass is 391 g/mol. The first-order valence-corrected chi connectivity index (χ1v) is 9.60. The third-order valence-corrected chi connectivity index (χ3v) is 5.26. The first-order valence-electron chi connectivity index (χ1n) is 9.60. The Morgan fingerprint density at radius 2 is 1.14 bits per heavy atom. The molecule has 0 bridgehead atoms. The topological polar surface area (TPSA) is 41.6 Å². The van der Waals surface area contributed by atoms with Gasteiger partial charge in [-0.1, -0.05) is 78.9 Å². The minimum Gasteiger partial charge on any atom is -0.369 e. The molecule has 4 heteroatoms. The van der Waals surface area contributed by atoms with Crippen molar-refractivity contribution in [1.29, 1.82) is 0 Å². The summed E-state index contributed by atoms with van der Waals surface area (Å²) in [5, 5.41) is 0. The standard InChI is InChI=1S/C24H25N3.ClH/c25-24(26-21-15-8-3-9-16-21)27-22(19-11-4-1-5-12-19)17-10-18-23(27)20-13-6-2-7-14-20;/h1-9,11-16,22-23H,10,17-18H2,(H2,25,26);1H/t22-,23+;. The van der Waals surface area contributed by atoms with Crippen LogP contribution in [-0.2, 0) is 0 Å². The average molecular weight is 392 g/mol. The zero-order chi connectivity index (χ0) is 18.5. The lowest BCUT2D eigenvalue weighted by atomic mass is 9.88. The van der Waals surface area contributed by atoms with Gasteiger partial charge in [0.2, 0.25) is 0 Å². The van der Waals surface area contributed by atoms with Gasteiger partial charge in [0.15, 0.2) is 5.96 Å². The smallest absolute Gasteiger partial charge is 0.197 e. The molecule has 1 fully saturated rings. The second-order valence-electron chi connectivity index (χ2n) is 7.00. The predicted octanol–water partition coefficient (Wildman–Crippen LogP) is 6.02. The number of aliphatic imine (C=N–C) groups is 1. The van der Waals surface area contributed by atoms with E-state index < -0.39 is 0 Å². The highest BCUT2D eigenvalue weighted by Gasteiger charge is 2.33. The number of halogens is 1. The molecule has 0 unspecified atom stereocenters. The molecule has 1 saturated heterocycles. The van der Waals surface area contributed by atoms with E-state index in [0.717, 1.165) is 18.5 Å². The van der Waals surface area contributed by atoms with Gasteiger partial charge >= 0.3 is 0 Å². The van der Waals surface area contributed by atoms with Crippen LogP contribution in [-0.4, -0.2) is 10.9 Å². The fraction of sp³-hybridized carbons (Fsp3) is 0.208. The summed E-state index contributed by atoms with van der Waals surface area (Å²) in [6, 6.07) is 31.7. The van der Waals surface area contributed by atoms with Crippen LogP contribution >= 0.6 is 12.4 Å². The highest BCUT2D eigenvalue weighted by molar-refractivity contribution is 5.85. The average Bonchev–Trinajstić information content (AvgIpc) is 2.75. The number of hydrogen-bond donors (Lipinski definition) is 1. The Bertz CT molecular complexity index is 834. The molecular weight excluding hydrogens is 366 g/mol. The Morgan fingerprint density at radius 3 is 1.61 bits per heavy atom. The van der Waals surface area contributed by atoms with Crippen molar-refractivity contribution < 1.29 is 0 Å². The fourth-order valence-corrected chi connectivity index (χ4v) is 4.02. The van der Waals surface area contributed by atoms with Crippen molar-refractivity contribution >= 4 is 24.1 Å². The van der Waals surface area contributed by atoms with E-state index in [1.165, 1.54) is 17.5 Å². The minimum absolute atomic E-state index is 0. The summed E-state index contributed by atoms with van der Waals surface area (Å²) in [5.41, 5.74) is 10.1. The molecule has 1 aliphatic rings. The molecule has 3 nitrogen and oxygen atoms in total. The van der Waals surface area contributed by atoms with Crippen molar-refractivity contribution in [2.75, 3.05) is 0 Å². The lowest BCUT2D eigenvalue weighted by Crippen LogP contribution is -2.44. The molecule has 0 spiro atoms. The van der Waals surface area contributed by atoms with Crippen LogP contribution in [0.4, 0.5) is 5.69 Å². The van der Waals surface area contributed by atoms with Crippen molar-refractivity contribution in [3.05, 3.63) is 102 Å². The van der Waals surface area contributed by atoms with Gasteiger partial charge in [-0.15, -0.1) is 12.4 Å². The van der Waals surface area contributed by atoms with Gasteiger partial charge in [-0.2, -0.15) is 0 Å². The van der Waals surface area contributed by atoms with Gasteiger partial charge in [0.05, 0.1) is 17.8 Å². The summed E-state index contributed by atoms with van der Waals surface area (Å²) < 4.78 is 0. The van der Waals surface area contributed by atoms with E-state index in [9.17, 15) is 0 Å². The van der Waals surface area contributed by atoms with E-state index in [2.05, 4.69) is 65.6 Å². The van der Waals surface area contributed by atoms with Crippen LogP contribution in [0.3, 0.4) is 0 Å². The summed E-state index contributed by atoms with van der Waals surface area (Å²) in [6.07, 6.45) is 3.34. The van der Waals surface area contributed by atoms with Gasteiger partial charge in [-0.25, -0.2) is 4.99 Å². The van der Waals surface area contributed by atoms with E-state index >= 15 is 0 Å². The van der Waals surface area contributed by atoms with Crippen LogP contribution in [0, 0.1) is 0 Å². The summed E-state index contributed by atoms with van der Waals surface area (Å²) in [4.78, 5) is 7.08. The molecule has 1 aliphatic heterocycles. The maximum absolute atomic E-state index is 6.61. The van der Waals surface area contributed by atoms with Gasteiger partial charge in [0, 0.05) is 0 Å². The van der Waals surface area contributed by atoms with Gasteiger partial charge in [0.25, 0.3) is 0 Å². The zero-order valence-corrected chi connectivity index (χ0v) is 16.6. The Morgan fingerprint density at radius 1 is 0.714 bits per heavy atom. The van der Waals surface area contributed by atoms with Crippen LogP contribution in [0.2, 0.25) is 0 Å². The molecule has 1 heterocycles. The highest BCUT2D eigenvalue weighted by Crippen LogP contribution is 2.41. The summed E-state index contributed by atoms with van der Waals surface area (Å²) in [6.45, 7) is 0. The maximum atomic E-state index is 6.61.